The number of benzene rings is 1. The van der Waals surface area contributed by atoms with Crippen molar-refractivity contribution < 1.29 is 13.7 Å². The molecule has 8 heteroatoms. The molecule has 152 valence electrons. The number of ether oxygens (including phenoxy) is 1. The van der Waals surface area contributed by atoms with Gasteiger partial charge in [0, 0.05) is 52.4 Å². The van der Waals surface area contributed by atoms with Gasteiger partial charge in [-0.2, -0.15) is 0 Å². The predicted octanol–water partition coefficient (Wildman–Crippen LogP) is 2.37. The standard InChI is InChI=1S/C20H28FN5O2/c1-22-20(23-9-2-3-14-27-19-6-4-17(21)5-7-19)26-12-10-25(11-13-26)16-18-8-15-28-24-18/h4-8,15H,2-3,9-14,16H2,1H3,(H,22,23). The average Bonchev–Trinajstić information content (AvgIpc) is 3.23. The van der Waals surface area contributed by atoms with Crippen LogP contribution in [0.15, 0.2) is 46.1 Å². The molecular weight excluding hydrogens is 361 g/mol. The van der Waals surface area contributed by atoms with Gasteiger partial charge in [-0.15, -0.1) is 0 Å². The summed E-state index contributed by atoms with van der Waals surface area (Å²) in [4.78, 5) is 9.06. The van der Waals surface area contributed by atoms with Gasteiger partial charge in [0.2, 0.25) is 0 Å². The molecule has 1 aromatic carbocycles. The van der Waals surface area contributed by atoms with Crippen molar-refractivity contribution in [3.63, 3.8) is 0 Å². The summed E-state index contributed by atoms with van der Waals surface area (Å²) < 4.78 is 23.4. The van der Waals surface area contributed by atoms with E-state index in [0.29, 0.717) is 12.4 Å². The minimum absolute atomic E-state index is 0.248. The highest BCUT2D eigenvalue weighted by atomic mass is 19.1. The Balaban J connectivity index is 1.29. The van der Waals surface area contributed by atoms with E-state index in [0.717, 1.165) is 63.8 Å². The molecule has 0 atom stereocenters. The Morgan fingerprint density at radius 3 is 2.64 bits per heavy atom. The van der Waals surface area contributed by atoms with Gasteiger partial charge in [0.25, 0.3) is 0 Å². The highest BCUT2D eigenvalue weighted by Gasteiger charge is 2.20. The maximum atomic E-state index is 12.9. The molecule has 7 nitrogen and oxygen atoms in total. The first-order valence-corrected chi connectivity index (χ1v) is 9.70. The van der Waals surface area contributed by atoms with Crippen molar-refractivity contribution >= 4 is 5.96 Å². The molecule has 2 aromatic rings. The Morgan fingerprint density at radius 2 is 1.96 bits per heavy atom. The third-order valence-corrected chi connectivity index (χ3v) is 4.70. The van der Waals surface area contributed by atoms with Crippen molar-refractivity contribution in [2.45, 2.75) is 19.4 Å². The van der Waals surface area contributed by atoms with Crippen LogP contribution in [0.25, 0.3) is 0 Å². The van der Waals surface area contributed by atoms with Crippen LogP contribution in [0, 0.1) is 5.82 Å². The topological polar surface area (TPSA) is 66.1 Å². The van der Waals surface area contributed by atoms with Gasteiger partial charge in [0.15, 0.2) is 5.96 Å². The Morgan fingerprint density at radius 1 is 1.18 bits per heavy atom. The first-order valence-electron chi connectivity index (χ1n) is 9.70. The Hall–Kier alpha value is -2.61. The molecule has 0 unspecified atom stereocenters. The molecule has 28 heavy (non-hydrogen) atoms. The zero-order valence-corrected chi connectivity index (χ0v) is 16.3. The molecule has 1 saturated heterocycles. The lowest BCUT2D eigenvalue weighted by atomic mass is 10.3. The number of rotatable bonds is 8. The van der Waals surface area contributed by atoms with Crippen LogP contribution in [0.5, 0.6) is 5.75 Å². The van der Waals surface area contributed by atoms with E-state index in [2.05, 4.69) is 25.3 Å². The Bertz CT molecular complexity index is 713. The van der Waals surface area contributed by atoms with Crippen molar-refractivity contribution in [1.29, 1.82) is 0 Å². The van der Waals surface area contributed by atoms with Gasteiger partial charge < -0.3 is 19.5 Å². The molecule has 0 bridgehead atoms. The molecule has 0 saturated carbocycles. The minimum Gasteiger partial charge on any atom is -0.494 e. The molecule has 1 aliphatic heterocycles. The van der Waals surface area contributed by atoms with E-state index in [1.807, 2.05) is 13.1 Å². The fourth-order valence-electron chi connectivity index (χ4n) is 3.15. The Kier molecular flexibility index (Phi) is 7.66. The number of aliphatic imine (C=N–C) groups is 1. The third-order valence-electron chi connectivity index (χ3n) is 4.70. The number of hydrogen-bond donors (Lipinski definition) is 1. The quantitative estimate of drug-likeness (QED) is 0.425. The molecule has 2 heterocycles. The minimum atomic E-state index is -0.248. The highest BCUT2D eigenvalue weighted by molar-refractivity contribution is 5.79. The van der Waals surface area contributed by atoms with Gasteiger partial charge >= 0.3 is 0 Å². The normalized spacial score (nSPS) is 15.6. The molecule has 3 rings (SSSR count). The molecule has 0 spiro atoms. The summed E-state index contributed by atoms with van der Waals surface area (Å²) in [5, 5.41) is 7.41. The lowest BCUT2D eigenvalue weighted by molar-refractivity contribution is 0.169. The van der Waals surface area contributed by atoms with Crippen LogP contribution in [0.2, 0.25) is 0 Å². The number of unbranched alkanes of at least 4 members (excludes halogenated alkanes) is 1. The summed E-state index contributed by atoms with van der Waals surface area (Å²) in [6.45, 7) is 6.10. The van der Waals surface area contributed by atoms with Crippen LogP contribution in [-0.2, 0) is 6.54 Å². The van der Waals surface area contributed by atoms with Crippen molar-refractivity contribution in [3.05, 3.63) is 48.1 Å². The number of piperazine rings is 1. The summed E-state index contributed by atoms with van der Waals surface area (Å²) in [6, 6.07) is 8.03. The van der Waals surface area contributed by atoms with Crippen LogP contribution in [0.4, 0.5) is 4.39 Å². The van der Waals surface area contributed by atoms with E-state index in [9.17, 15) is 4.39 Å². The van der Waals surface area contributed by atoms with Gasteiger partial charge in [0.1, 0.15) is 17.8 Å². The van der Waals surface area contributed by atoms with E-state index < -0.39 is 0 Å². The highest BCUT2D eigenvalue weighted by Crippen LogP contribution is 2.11. The fraction of sp³-hybridized carbons (Fsp3) is 0.500. The second-order valence-corrected chi connectivity index (χ2v) is 6.74. The second-order valence-electron chi connectivity index (χ2n) is 6.74. The maximum Gasteiger partial charge on any atom is 0.193 e. The zero-order chi connectivity index (χ0) is 19.6. The zero-order valence-electron chi connectivity index (χ0n) is 16.3. The van der Waals surface area contributed by atoms with E-state index in [4.69, 9.17) is 9.26 Å². The van der Waals surface area contributed by atoms with Crippen molar-refractivity contribution in [2.75, 3.05) is 46.4 Å². The molecule has 0 radical (unpaired) electrons. The number of nitrogens with zero attached hydrogens (tertiary/aromatic N) is 4. The van der Waals surface area contributed by atoms with Crippen LogP contribution < -0.4 is 10.1 Å². The summed E-state index contributed by atoms with van der Waals surface area (Å²) in [5.74, 6) is 1.40. The molecule has 1 aliphatic rings. The number of nitrogens with one attached hydrogen (secondary N) is 1. The largest absolute Gasteiger partial charge is 0.494 e. The number of halogens is 1. The van der Waals surface area contributed by atoms with Crippen LogP contribution in [0.3, 0.4) is 0 Å². The van der Waals surface area contributed by atoms with Gasteiger partial charge in [0.05, 0.1) is 12.3 Å². The summed E-state index contributed by atoms with van der Waals surface area (Å²) in [6.07, 6.45) is 3.52. The monoisotopic (exact) mass is 389 g/mol. The number of aromatic nitrogens is 1. The molecule has 1 aromatic heterocycles. The van der Waals surface area contributed by atoms with E-state index in [1.54, 1.807) is 18.4 Å². The lowest BCUT2D eigenvalue weighted by Gasteiger charge is -2.36. The van der Waals surface area contributed by atoms with Gasteiger partial charge in [-0.25, -0.2) is 4.39 Å². The van der Waals surface area contributed by atoms with Crippen LogP contribution in [0.1, 0.15) is 18.5 Å². The van der Waals surface area contributed by atoms with Crippen LogP contribution in [-0.4, -0.2) is 67.3 Å². The van der Waals surface area contributed by atoms with Gasteiger partial charge in [-0.1, -0.05) is 5.16 Å². The third kappa shape index (κ3) is 6.23. The van der Waals surface area contributed by atoms with Crippen LogP contribution >= 0.6 is 0 Å². The second kappa shape index (κ2) is 10.7. The SMILES string of the molecule is CN=C(NCCCCOc1ccc(F)cc1)N1CCN(Cc2ccon2)CC1. The first kappa shape index (κ1) is 20.1. The summed E-state index contributed by atoms with van der Waals surface area (Å²) in [5.41, 5.74) is 0.971. The van der Waals surface area contributed by atoms with Crippen molar-refractivity contribution in [1.82, 2.24) is 20.3 Å². The smallest absolute Gasteiger partial charge is 0.193 e. The van der Waals surface area contributed by atoms with Gasteiger partial charge in [-0.3, -0.25) is 9.89 Å². The maximum absolute atomic E-state index is 12.9. The summed E-state index contributed by atoms with van der Waals surface area (Å²) in [7, 11) is 1.82. The Labute approximate surface area is 165 Å². The van der Waals surface area contributed by atoms with Gasteiger partial charge in [-0.05, 0) is 37.1 Å². The average molecular weight is 389 g/mol. The lowest BCUT2D eigenvalue weighted by Crippen LogP contribution is -2.52. The molecule has 0 amide bonds. The van der Waals surface area contributed by atoms with Crippen molar-refractivity contribution in [3.8, 4) is 5.75 Å². The van der Waals surface area contributed by atoms with E-state index >= 15 is 0 Å². The summed E-state index contributed by atoms with van der Waals surface area (Å²) >= 11 is 0. The number of hydrogen-bond acceptors (Lipinski definition) is 5. The molecule has 1 fully saturated rings. The molecule has 1 N–H and O–H groups in total. The van der Waals surface area contributed by atoms with E-state index in [1.165, 1.54) is 12.1 Å². The molecular formula is C20H28FN5O2. The van der Waals surface area contributed by atoms with Crippen molar-refractivity contribution in [2.24, 2.45) is 4.99 Å². The molecule has 0 aliphatic carbocycles. The first-order chi connectivity index (χ1) is 13.7. The number of guanidine groups is 1. The van der Waals surface area contributed by atoms with E-state index in [-0.39, 0.29) is 5.82 Å². The predicted molar refractivity (Wildman–Crippen MR) is 106 cm³/mol. The fourth-order valence-corrected chi connectivity index (χ4v) is 3.15.